The molecule has 0 aromatic heterocycles. The minimum atomic E-state index is -0.851. The summed E-state index contributed by atoms with van der Waals surface area (Å²) in [6.45, 7) is 4.31. The smallest absolute Gasteiger partial charge is 0.252 e. The molecule has 1 saturated carbocycles. The third-order valence-corrected chi connectivity index (χ3v) is 5.68. The van der Waals surface area contributed by atoms with Crippen LogP contribution in [0.2, 0.25) is 0 Å². The van der Waals surface area contributed by atoms with Crippen molar-refractivity contribution in [1.29, 1.82) is 0 Å². The third kappa shape index (κ3) is 5.24. The molecule has 0 bridgehead atoms. The first kappa shape index (κ1) is 21.1. The van der Waals surface area contributed by atoms with E-state index in [1.807, 2.05) is 56.3 Å². The minimum Gasteiger partial charge on any atom is -0.350 e. The zero-order valence-corrected chi connectivity index (χ0v) is 17.3. The minimum absolute atomic E-state index is 0.103. The highest BCUT2D eigenvalue weighted by Crippen LogP contribution is 2.29. The van der Waals surface area contributed by atoms with Crippen LogP contribution in [0.1, 0.15) is 67.4 Å². The van der Waals surface area contributed by atoms with Gasteiger partial charge in [0.15, 0.2) is 0 Å². The summed E-state index contributed by atoms with van der Waals surface area (Å²) in [5.74, 6) is -0.322. The summed E-state index contributed by atoms with van der Waals surface area (Å²) in [5, 5.41) is 6.09. The van der Waals surface area contributed by atoms with Gasteiger partial charge in [-0.3, -0.25) is 9.59 Å². The average molecular weight is 394 g/mol. The summed E-state index contributed by atoms with van der Waals surface area (Å²) in [4.78, 5) is 26.0. The van der Waals surface area contributed by atoms with Gasteiger partial charge < -0.3 is 16.4 Å². The number of carbonyl (C=O) groups is 2. The Labute approximate surface area is 173 Å². The number of hydrogen-bond acceptors (Lipinski definition) is 3. The van der Waals surface area contributed by atoms with Crippen molar-refractivity contribution in [1.82, 2.24) is 10.6 Å². The van der Waals surface area contributed by atoms with Gasteiger partial charge in [0.05, 0.1) is 0 Å². The molecule has 2 amide bonds. The Kier molecular flexibility index (Phi) is 6.38. The fraction of sp³-hybridized carbons (Fsp3) is 0.417. The fourth-order valence-electron chi connectivity index (χ4n) is 3.85. The van der Waals surface area contributed by atoms with Crippen molar-refractivity contribution < 1.29 is 9.59 Å². The first-order chi connectivity index (χ1) is 13.8. The van der Waals surface area contributed by atoms with E-state index >= 15 is 0 Å². The summed E-state index contributed by atoms with van der Waals surface area (Å²) in [5.41, 5.74) is 7.35. The SMILES string of the molecule is CC(C)(N)c1ccc(C(=O)NC2(C(=O)NCc3ccccc3)CCCCC2)cc1. The Morgan fingerprint density at radius 3 is 2.17 bits per heavy atom. The monoisotopic (exact) mass is 393 g/mol. The van der Waals surface area contributed by atoms with Crippen LogP contribution in [0.4, 0.5) is 0 Å². The van der Waals surface area contributed by atoms with Crippen molar-refractivity contribution >= 4 is 11.8 Å². The molecule has 2 aromatic rings. The van der Waals surface area contributed by atoms with Crippen LogP contribution < -0.4 is 16.4 Å². The van der Waals surface area contributed by atoms with Gasteiger partial charge in [-0.15, -0.1) is 0 Å². The number of amides is 2. The molecular formula is C24H31N3O2. The van der Waals surface area contributed by atoms with Crippen LogP contribution in [0.25, 0.3) is 0 Å². The molecular weight excluding hydrogens is 362 g/mol. The van der Waals surface area contributed by atoms with Gasteiger partial charge in [-0.1, -0.05) is 61.7 Å². The van der Waals surface area contributed by atoms with Crippen molar-refractivity contribution in [2.75, 3.05) is 0 Å². The van der Waals surface area contributed by atoms with Crippen LogP contribution in [0, 0.1) is 0 Å². The molecule has 29 heavy (non-hydrogen) atoms. The van der Waals surface area contributed by atoms with Gasteiger partial charge >= 0.3 is 0 Å². The Morgan fingerprint density at radius 1 is 0.966 bits per heavy atom. The largest absolute Gasteiger partial charge is 0.350 e. The first-order valence-electron chi connectivity index (χ1n) is 10.3. The Hall–Kier alpha value is -2.66. The van der Waals surface area contributed by atoms with E-state index in [9.17, 15) is 9.59 Å². The molecule has 5 heteroatoms. The van der Waals surface area contributed by atoms with E-state index < -0.39 is 11.1 Å². The summed E-state index contributed by atoms with van der Waals surface area (Å²) in [6.07, 6.45) is 4.27. The fourth-order valence-corrected chi connectivity index (χ4v) is 3.85. The van der Waals surface area contributed by atoms with E-state index in [2.05, 4.69) is 10.6 Å². The molecule has 0 atom stereocenters. The molecule has 154 valence electrons. The predicted molar refractivity (Wildman–Crippen MR) is 115 cm³/mol. The summed E-state index contributed by atoms with van der Waals surface area (Å²) in [7, 11) is 0. The van der Waals surface area contributed by atoms with E-state index in [-0.39, 0.29) is 11.8 Å². The summed E-state index contributed by atoms with van der Waals surface area (Å²) < 4.78 is 0. The van der Waals surface area contributed by atoms with Crippen LogP contribution in [-0.2, 0) is 16.9 Å². The third-order valence-electron chi connectivity index (χ3n) is 5.68. The van der Waals surface area contributed by atoms with Crippen molar-refractivity contribution in [2.24, 2.45) is 5.73 Å². The molecule has 5 nitrogen and oxygen atoms in total. The Balaban J connectivity index is 1.72. The lowest BCUT2D eigenvalue weighted by Crippen LogP contribution is -2.59. The van der Waals surface area contributed by atoms with E-state index in [1.165, 1.54) is 0 Å². The highest BCUT2D eigenvalue weighted by atomic mass is 16.2. The molecule has 3 rings (SSSR count). The number of rotatable bonds is 6. The normalized spacial score (nSPS) is 16.1. The molecule has 1 aliphatic carbocycles. The number of hydrogen-bond donors (Lipinski definition) is 3. The van der Waals surface area contributed by atoms with Crippen LogP contribution in [0.3, 0.4) is 0 Å². The highest BCUT2D eigenvalue weighted by molar-refractivity contribution is 5.99. The molecule has 1 fully saturated rings. The van der Waals surface area contributed by atoms with Crippen molar-refractivity contribution in [3.05, 3.63) is 71.3 Å². The predicted octanol–water partition coefficient (Wildman–Crippen LogP) is 3.63. The van der Waals surface area contributed by atoms with E-state index in [0.29, 0.717) is 24.9 Å². The number of carbonyl (C=O) groups excluding carboxylic acids is 2. The maximum absolute atomic E-state index is 13.1. The summed E-state index contributed by atoms with van der Waals surface area (Å²) in [6, 6.07) is 17.1. The topological polar surface area (TPSA) is 84.2 Å². The quantitative estimate of drug-likeness (QED) is 0.701. The second-order valence-electron chi connectivity index (χ2n) is 8.56. The first-order valence-corrected chi connectivity index (χ1v) is 10.3. The van der Waals surface area contributed by atoms with Gasteiger partial charge in [0.25, 0.3) is 5.91 Å². The Morgan fingerprint density at radius 2 is 1.59 bits per heavy atom. The molecule has 2 aromatic carbocycles. The van der Waals surface area contributed by atoms with Gasteiger partial charge in [0.1, 0.15) is 5.54 Å². The molecule has 0 heterocycles. The van der Waals surface area contributed by atoms with Crippen LogP contribution in [0.15, 0.2) is 54.6 Å². The highest BCUT2D eigenvalue weighted by Gasteiger charge is 2.40. The molecule has 4 N–H and O–H groups in total. The number of nitrogens with two attached hydrogens (primary N) is 1. The van der Waals surface area contributed by atoms with Gasteiger partial charge in [0, 0.05) is 17.6 Å². The Bertz CT molecular complexity index is 833. The van der Waals surface area contributed by atoms with Crippen molar-refractivity contribution in [2.45, 2.75) is 63.6 Å². The molecule has 1 aliphatic rings. The second kappa shape index (κ2) is 8.78. The lowest BCUT2D eigenvalue weighted by Gasteiger charge is -2.36. The lowest BCUT2D eigenvalue weighted by atomic mass is 9.80. The van der Waals surface area contributed by atoms with Crippen molar-refractivity contribution in [3.63, 3.8) is 0 Å². The van der Waals surface area contributed by atoms with E-state index in [4.69, 9.17) is 5.73 Å². The molecule has 0 unspecified atom stereocenters. The molecule has 0 radical (unpaired) electrons. The van der Waals surface area contributed by atoms with Gasteiger partial charge in [-0.25, -0.2) is 0 Å². The molecule has 0 aliphatic heterocycles. The standard InChI is InChI=1S/C24H31N3O2/c1-23(2,25)20-13-11-19(12-14-20)21(28)27-24(15-7-4-8-16-24)22(29)26-17-18-9-5-3-6-10-18/h3,5-6,9-14H,4,7-8,15-17,25H2,1-2H3,(H,26,29)(H,27,28). The number of nitrogens with one attached hydrogen (secondary N) is 2. The van der Waals surface area contributed by atoms with Crippen LogP contribution >= 0.6 is 0 Å². The van der Waals surface area contributed by atoms with Crippen LogP contribution in [-0.4, -0.2) is 17.4 Å². The van der Waals surface area contributed by atoms with Gasteiger partial charge in [-0.2, -0.15) is 0 Å². The number of benzene rings is 2. The van der Waals surface area contributed by atoms with E-state index in [0.717, 1.165) is 30.4 Å². The van der Waals surface area contributed by atoms with Crippen molar-refractivity contribution in [3.8, 4) is 0 Å². The second-order valence-corrected chi connectivity index (χ2v) is 8.56. The zero-order chi connectivity index (χ0) is 20.9. The van der Waals surface area contributed by atoms with Gasteiger partial charge in [0.2, 0.25) is 5.91 Å². The zero-order valence-electron chi connectivity index (χ0n) is 17.3. The molecule has 0 spiro atoms. The lowest BCUT2D eigenvalue weighted by molar-refractivity contribution is -0.128. The van der Waals surface area contributed by atoms with Gasteiger partial charge in [-0.05, 0) is 49.9 Å². The molecule has 0 saturated heterocycles. The average Bonchev–Trinajstić information content (AvgIpc) is 2.73. The summed E-state index contributed by atoms with van der Waals surface area (Å²) >= 11 is 0. The maximum atomic E-state index is 13.1. The van der Waals surface area contributed by atoms with E-state index in [1.54, 1.807) is 12.1 Å². The maximum Gasteiger partial charge on any atom is 0.252 e. The van der Waals surface area contributed by atoms with Crippen LogP contribution in [0.5, 0.6) is 0 Å².